The van der Waals surface area contributed by atoms with Gasteiger partial charge in [0.15, 0.2) is 0 Å². The Kier molecular flexibility index (Phi) is 3.98. The van der Waals surface area contributed by atoms with Gasteiger partial charge in [0, 0.05) is 30.4 Å². The number of aromatic nitrogens is 2. The molecule has 2 aliphatic rings. The summed E-state index contributed by atoms with van der Waals surface area (Å²) in [5, 5.41) is 4.06. The molecule has 1 atom stereocenters. The molecule has 1 saturated carbocycles. The predicted octanol–water partition coefficient (Wildman–Crippen LogP) is 2.60. The molecule has 25 heavy (non-hydrogen) atoms. The minimum atomic E-state index is -0.459. The summed E-state index contributed by atoms with van der Waals surface area (Å²) in [5.41, 5.74) is 2.39. The van der Waals surface area contributed by atoms with Gasteiger partial charge >= 0.3 is 0 Å². The molecule has 0 radical (unpaired) electrons. The fourth-order valence-electron chi connectivity index (χ4n) is 4.22. The number of carbonyl (C=O) groups is 2. The largest absolute Gasteiger partial charge is 0.352 e. The van der Waals surface area contributed by atoms with Crippen molar-refractivity contribution in [3.63, 3.8) is 0 Å². The number of amides is 2. The second-order valence-corrected chi connectivity index (χ2v) is 7.51. The average molecular weight is 340 g/mol. The molecule has 2 N–H and O–H groups in total. The molecule has 0 saturated heterocycles. The second-order valence-electron chi connectivity index (χ2n) is 7.51. The molecule has 132 valence electrons. The Morgan fingerprint density at radius 3 is 2.84 bits per heavy atom. The average Bonchev–Trinajstić information content (AvgIpc) is 3.22. The van der Waals surface area contributed by atoms with Crippen molar-refractivity contribution in [3.05, 3.63) is 29.6 Å². The van der Waals surface area contributed by atoms with Crippen molar-refractivity contribution in [2.45, 2.75) is 58.2 Å². The molecule has 2 amide bonds. The number of nitrogens with one attached hydrogen (secondary N) is 2. The van der Waals surface area contributed by atoms with Gasteiger partial charge in [-0.2, -0.15) is 0 Å². The van der Waals surface area contributed by atoms with Crippen LogP contribution in [0.15, 0.2) is 18.5 Å². The van der Waals surface area contributed by atoms with E-state index in [4.69, 9.17) is 0 Å². The van der Waals surface area contributed by atoms with Gasteiger partial charge in [-0.05, 0) is 30.4 Å². The predicted molar refractivity (Wildman–Crippen MR) is 95.0 cm³/mol. The Morgan fingerprint density at radius 1 is 1.36 bits per heavy atom. The van der Waals surface area contributed by atoms with Gasteiger partial charge in [0.25, 0.3) is 5.91 Å². The van der Waals surface area contributed by atoms with Crippen molar-refractivity contribution >= 4 is 22.8 Å². The van der Waals surface area contributed by atoms with Crippen LogP contribution in [-0.2, 0) is 11.3 Å². The maximum atomic E-state index is 13.1. The third-order valence-corrected chi connectivity index (χ3v) is 5.43. The van der Waals surface area contributed by atoms with Crippen LogP contribution in [0.2, 0.25) is 0 Å². The number of carbonyl (C=O) groups excluding carboxylic acids is 2. The molecular weight excluding hydrogens is 316 g/mol. The first kappa shape index (κ1) is 16.1. The molecule has 0 bridgehead atoms. The summed E-state index contributed by atoms with van der Waals surface area (Å²) in [6.07, 6.45) is 7.87. The summed E-state index contributed by atoms with van der Waals surface area (Å²) in [6.45, 7) is 4.45. The third kappa shape index (κ3) is 2.69. The van der Waals surface area contributed by atoms with Crippen LogP contribution in [0.1, 0.15) is 55.5 Å². The molecule has 0 aromatic carbocycles. The highest BCUT2D eigenvalue weighted by Crippen LogP contribution is 2.31. The maximum absolute atomic E-state index is 13.1. The number of hydrogen-bond acceptors (Lipinski definition) is 3. The molecule has 1 unspecified atom stereocenters. The number of nitrogens with zero attached hydrogens (tertiary/aromatic N) is 2. The van der Waals surface area contributed by atoms with Gasteiger partial charge in [-0.3, -0.25) is 9.59 Å². The first-order valence-electron chi connectivity index (χ1n) is 9.12. The van der Waals surface area contributed by atoms with E-state index in [-0.39, 0.29) is 23.8 Å². The van der Waals surface area contributed by atoms with E-state index in [9.17, 15) is 9.59 Å². The molecular formula is C19H24N4O2. The molecule has 1 fully saturated rings. The monoisotopic (exact) mass is 340 g/mol. The van der Waals surface area contributed by atoms with Gasteiger partial charge < -0.3 is 15.2 Å². The highest BCUT2D eigenvalue weighted by atomic mass is 16.2. The van der Waals surface area contributed by atoms with E-state index in [0.717, 1.165) is 29.4 Å². The standard InChI is InChI=1S/C19H24N4O2/c1-11(2)16(18(24)22-13-5-3-4-6-13)23-10-12-7-8-20-17-15(12)14(9-21-17)19(23)25/h7-9,11,13,16H,3-6,10H2,1-2H3,(H,20,21)(H,22,24). The molecule has 3 heterocycles. The van der Waals surface area contributed by atoms with Crippen LogP contribution in [0, 0.1) is 5.92 Å². The molecule has 0 spiro atoms. The van der Waals surface area contributed by atoms with Gasteiger partial charge in [0.05, 0.1) is 5.56 Å². The van der Waals surface area contributed by atoms with Crippen LogP contribution in [-0.4, -0.2) is 38.8 Å². The van der Waals surface area contributed by atoms with Crippen LogP contribution in [0.4, 0.5) is 0 Å². The normalized spacial score (nSPS) is 19.0. The Morgan fingerprint density at radius 2 is 2.12 bits per heavy atom. The second kappa shape index (κ2) is 6.17. The van der Waals surface area contributed by atoms with E-state index >= 15 is 0 Å². The summed E-state index contributed by atoms with van der Waals surface area (Å²) < 4.78 is 0. The van der Waals surface area contributed by atoms with Crippen molar-refractivity contribution in [1.82, 2.24) is 20.2 Å². The van der Waals surface area contributed by atoms with Crippen molar-refractivity contribution in [3.8, 4) is 0 Å². The number of H-pyrrole nitrogens is 1. The number of pyridine rings is 1. The highest BCUT2D eigenvalue weighted by molar-refractivity contribution is 6.10. The fourth-order valence-corrected chi connectivity index (χ4v) is 4.22. The van der Waals surface area contributed by atoms with Crippen LogP contribution in [0.25, 0.3) is 11.0 Å². The van der Waals surface area contributed by atoms with Crippen LogP contribution in [0.3, 0.4) is 0 Å². The number of rotatable bonds is 4. The lowest BCUT2D eigenvalue weighted by Gasteiger charge is -2.36. The van der Waals surface area contributed by atoms with E-state index in [2.05, 4.69) is 15.3 Å². The van der Waals surface area contributed by atoms with Gasteiger partial charge in [-0.1, -0.05) is 26.7 Å². The quantitative estimate of drug-likeness (QED) is 0.898. The van der Waals surface area contributed by atoms with E-state index < -0.39 is 6.04 Å². The lowest BCUT2D eigenvalue weighted by atomic mass is 9.95. The molecule has 1 aliphatic carbocycles. The molecule has 6 nitrogen and oxygen atoms in total. The number of aromatic amines is 1. The van der Waals surface area contributed by atoms with Crippen molar-refractivity contribution in [1.29, 1.82) is 0 Å². The zero-order valence-electron chi connectivity index (χ0n) is 14.7. The summed E-state index contributed by atoms with van der Waals surface area (Å²) in [4.78, 5) is 35.1. The molecule has 6 heteroatoms. The van der Waals surface area contributed by atoms with E-state index in [0.29, 0.717) is 12.1 Å². The van der Waals surface area contributed by atoms with Crippen LogP contribution < -0.4 is 5.32 Å². The zero-order chi connectivity index (χ0) is 17.6. The summed E-state index contributed by atoms with van der Waals surface area (Å²) in [6, 6.07) is 1.73. The summed E-state index contributed by atoms with van der Waals surface area (Å²) in [5.74, 6) is -0.0743. The SMILES string of the molecule is CC(C)C(C(=O)NC1CCCC1)N1Cc2ccnc3[nH]cc(c23)C1=O. The Balaban J connectivity index is 1.64. The third-order valence-electron chi connectivity index (χ3n) is 5.43. The topological polar surface area (TPSA) is 78.1 Å². The Hall–Kier alpha value is -2.37. The maximum Gasteiger partial charge on any atom is 0.257 e. The smallest absolute Gasteiger partial charge is 0.257 e. The Labute approximate surface area is 147 Å². The first-order valence-corrected chi connectivity index (χ1v) is 9.12. The zero-order valence-corrected chi connectivity index (χ0v) is 14.7. The lowest BCUT2D eigenvalue weighted by Crippen LogP contribution is -2.54. The molecule has 2 aromatic heterocycles. The van der Waals surface area contributed by atoms with Crippen molar-refractivity contribution in [2.75, 3.05) is 0 Å². The van der Waals surface area contributed by atoms with Crippen LogP contribution >= 0.6 is 0 Å². The minimum absolute atomic E-state index is 0.0282. The van der Waals surface area contributed by atoms with E-state index in [1.165, 1.54) is 12.8 Å². The van der Waals surface area contributed by atoms with Gasteiger partial charge in [-0.25, -0.2) is 4.98 Å². The Bertz CT molecular complexity index is 820. The summed E-state index contributed by atoms with van der Waals surface area (Å²) in [7, 11) is 0. The summed E-state index contributed by atoms with van der Waals surface area (Å²) >= 11 is 0. The van der Waals surface area contributed by atoms with Gasteiger partial charge in [0.1, 0.15) is 11.7 Å². The molecule has 1 aliphatic heterocycles. The highest BCUT2D eigenvalue weighted by Gasteiger charge is 2.38. The first-order chi connectivity index (χ1) is 12.1. The van der Waals surface area contributed by atoms with Gasteiger partial charge in [-0.15, -0.1) is 0 Å². The lowest BCUT2D eigenvalue weighted by molar-refractivity contribution is -0.128. The van der Waals surface area contributed by atoms with Crippen molar-refractivity contribution in [2.24, 2.45) is 5.92 Å². The fraction of sp³-hybridized carbons (Fsp3) is 0.526. The van der Waals surface area contributed by atoms with E-state index in [1.54, 1.807) is 17.3 Å². The minimum Gasteiger partial charge on any atom is -0.352 e. The van der Waals surface area contributed by atoms with Gasteiger partial charge in [0.2, 0.25) is 5.91 Å². The molecule has 4 rings (SSSR count). The van der Waals surface area contributed by atoms with Crippen molar-refractivity contribution < 1.29 is 9.59 Å². The van der Waals surface area contributed by atoms with E-state index in [1.807, 2.05) is 19.9 Å². The molecule has 2 aromatic rings. The number of hydrogen-bond donors (Lipinski definition) is 2. The van der Waals surface area contributed by atoms with Crippen LogP contribution in [0.5, 0.6) is 0 Å².